The molecule has 164 valence electrons. The molecule has 0 saturated carbocycles. The van der Waals surface area contributed by atoms with Crippen molar-refractivity contribution in [3.8, 4) is 17.1 Å². The summed E-state index contributed by atoms with van der Waals surface area (Å²) in [6.45, 7) is 1.85. The van der Waals surface area contributed by atoms with Crippen LogP contribution in [0, 0.1) is 5.92 Å². The maximum Gasteiger partial charge on any atom is 0.223 e. The van der Waals surface area contributed by atoms with Crippen molar-refractivity contribution in [1.82, 2.24) is 40.3 Å². The number of aromatic nitrogens is 7. The van der Waals surface area contributed by atoms with E-state index in [0.29, 0.717) is 23.8 Å². The molecule has 1 amide bonds. The first-order valence-corrected chi connectivity index (χ1v) is 10.4. The Morgan fingerprint density at radius 3 is 2.78 bits per heavy atom. The number of carbonyl (C=O) groups is 1. The molecule has 2 N–H and O–H groups in total. The lowest BCUT2D eigenvalue weighted by Crippen LogP contribution is -2.40. The zero-order chi connectivity index (χ0) is 21.9. The molecule has 1 saturated heterocycles. The summed E-state index contributed by atoms with van der Waals surface area (Å²) in [7, 11) is 1.63. The molecule has 5 rings (SSSR count). The van der Waals surface area contributed by atoms with E-state index >= 15 is 0 Å². The summed E-state index contributed by atoms with van der Waals surface area (Å²) < 4.78 is 6.83. The fourth-order valence-electron chi connectivity index (χ4n) is 3.82. The fourth-order valence-corrected chi connectivity index (χ4v) is 3.82. The van der Waals surface area contributed by atoms with Crippen molar-refractivity contribution in [2.75, 3.05) is 25.1 Å². The van der Waals surface area contributed by atoms with Crippen molar-refractivity contribution in [1.29, 1.82) is 0 Å². The average Bonchev–Trinajstić information content (AvgIpc) is 3.52. The number of benzene rings is 1. The van der Waals surface area contributed by atoms with E-state index in [0.717, 1.165) is 43.1 Å². The molecule has 0 aliphatic carbocycles. The van der Waals surface area contributed by atoms with Gasteiger partial charge in [0.1, 0.15) is 23.7 Å². The number of carbonyl (C=O) groups excluding carboxylic acids is 1. The number of nitrogens with zero attached hydrogens (tertiary/aromatic N) is 7. The van der Waals surface area contributed by atoms with Gasteiger partial charge in [0, 0.05) is 24.6 Å². The fraction of sp³-hybridized carbons (Fsp3) is 0.333. The van der Waals surface area contributed by atoms with Gasteiger partial charge in [-0.25, -0.2) is 4.98 Å². The van der Waals surface area contributed by atoms with Crippen LogP contribution in [0.5, 0.6) is 5.75 Å². The number of nitrogens with one attached hydrogen (secondary N) is 2. The van der Waals surface area contributed by atoms with E-state index in [1.165, 1.54) is 0 Å². The maximum absolute atomic E-state index is 12.7. The molecule has 1 aromatic carbocycles. The molecule has 0 radical (unpaired) electrons. The van der Waals surface area contributed by atoms with Gasteiger partial charge in [-0.1, -0.05) is 0 Å². The predicted octanol–water partition coefficient (Wildman–Crippen LogP) is 1.45. The Morgan fingerprint density at radius 2 is 2.00 bits per heavy atom. The number of methoxy groups -OCH3 is 1. The minimum Gasteiger partial charge on any atom is -0.497 e. The van der Waals surface area contributed by atoms with E-state index in [1.807, 2.05) is 36.4 Å². The van der Waals surface area contributed by atoms with Crippen molar-refractivity contribution in [2.24, 2.45) is 5.92 Å². The standard InChI is InChI=1S/C21H23N9O2/c1-32-16-4-2-14(3-5-16)20-24-17(25-27-20)12-22-21(31)15-8-10-29(11-9-15)19-7-6-18-26-23-13-30(18)28-19/h2-7,13,15H,8-12H2,1H3,(H,22,31)(H,24,25,27). The lowest BCUT2D eigenvalue weighted by molar-refractivity contribution is -0.125. The molecule has 0 unspecified atom stereocenters. The van der Waals surface area contributed by atoms with E-state index in [1.54, 1.807) is 18.0 Å². The molecule has 1 aliphatic heterocycles. The van der Waals surface area contributed by atoms with Crippen molar-refractivity contribution < 1.29 is 9.53 Å². The van der Waals surface area contributed by atoms with Crippen LogP contribution in [0.25, 0.3) is 17.0 Å². The lowest BCUT2D eigenvalue weighted by atomic mass is 9.96. The monoisotopic (exact) mass is 433 g/mol. The number of fused-ring (bicyclic) bond motifs is 1. The molecule has 11 heteroatoms. The molecule has 4 heterocycles. The largest absolute Gasteiger partial charge is 0.497 e. The molecule has 4 aromatic rings. The van der Waals surface area contributed by atoms with Crippen LogP contribution in [0.1, 0.15) is 18.7 Å². The van der Waals surface area contributed by atoms with Gasteiger partial charge in [-0.05, 0) is 49.2 Å². The Labute approximate surface area is 183 Å². The molecular formula is C21H23N9O2. The summed E-state index contributed by atoms with van der Waals surface area (Å²) in [6.07, 6.45) is 3.12. The first kappa shape index (κ1) is 19.9. The van der Waals surface area contributed by atoms with Crippen molar-refractivity contribution >= 4 is 17.4 Å². The molecule has 1 aliphatic rings. The van der Waals surface area contributed by atoms with E-state index in [2.05, 4.69) is 40.7 Å². The number of anilines is 1. The lowest BCUT2D eigenvalue weighted by Gasteiger charge is -2.31. The first-order chi connectivity index (χ1) is 15.7. The average molecular weight is 433 g/mol. The van der Waals surface area contributed by atoms with Gasteiger partial charge in [-0.3, -0.25) is 9.89 Å². The summed E-state index contributed by atoms with van der Waals surface area (Å²) in [5.74, 6) is 2.85. The highest BCUT2D eigenvalue weighted by molar-refractivity contribution is 5.78. The second-order valence-electron chi connectivity index (χ2n) is 7.64. The Bertz CT molecular complexity index is 1210. The van der Waals surface area contributed by atoms with Crippen molar-refractivity contribution in [3.63, 3.8) is 0 Å². The van der Waals surface area contributed by atoms with Gasteiger partial charge in [0.05, 0.1) is 13.7 Å². The number of aromatic amines is 1. The number of rotatable bonds is 6. The number of hydrogen-bond donors (Lipinski definition) is 2. The number of H-pyrrole nitrogens is 1. The van der Waals surface area contributed by atoms with Crippen LogP contribution < -0.4 is 15.0 Å². The zero-order valence-corrected chi connectivity index (χ0v) is 17.6. The number of amides is 1. The highest BCUT2D eigenvalue weighted by atomic mass is 16.5. The normalized spacial score (nSPS) is 14.6. The molecule has 0 atom stereocenters. The Kier molecular flexibility index (Phi) is 5.36. The number of ether oxygens (including phenoxy) is 1. The number of piperidine rings is 1. The van der Waals surface area contributed by atoms with Gasteiger partial charge >= 0.3 is 0 Å². The number of hydrogen-bond acceptors (Lipinski definition) is 8. The zero-order valence-electron chi connectivity index (χ0n) is 17.6. The van der Waals surface area contributed by atoms with E-state index < -0.39 is 0 Å². The topological polar surface area (TPSA) is 126 Å². The summed E-state index contributed by atoms with van der Waals surface area (Å²) >= 11 is 0. The van der Waals surface area contributed by atoms with E-state index in [-0.39, 0.29) is 11.8 Å². The second kappa shape index (κ2) is 8.61. The third-order valence-electron chi connectivity index (χ3n) is 5.65. The van der Waals surface area contributed by atoms with E-state index in [9.17, 15) is 4.79 Å². The Balaban J connectivity index is 1.13. The summed E-state index contributed by atoms with van der Waals surface area (Å²) in [5, 5.41) is 22.5. The van der Waals surface area contributed by atoms with Crippen LogP contribution in [0.3, 0.4) is 0 Å². The van der Waals surface area contributed by atoms with Gasteiger partial charge in [0.2, 0.25) is 5.91 Å². The van der Waals surface area contributed by atoms with Crippen LogP contribution in [0.4, 0.5) is 5.82 Å². The molecule has 11 nitrogen and oxygen atoms in total. The van der Waals surface area contributed by atoms with E-state index in [4.69, 9.17) is 4.74 Å². The van der Waals surface area contributed by atoms with Gasteiger partial charge in [-0.15, -0.1) is 15.3 Å². The molecule has 3 aromatic heterocycles. The summed E-state index contributed by atoms with van der Waals surface area (Å²) in [6, 6.07) is 11.3. The minimum absolute atomic E-state index is 0.0335. The van der Waals surface area contributed by atoms with Crippen LogP contribution in [-0.4, -0.2) is 61.1 Å². The summed E-state index contributed by atoms with van der Waals surface area (Å²) in [4.78, 5) is 19.3. The van der Waals surface area contributed by atoms with Crippen LogP contribution in [0.15, 0.2) is 42.7 Å². The predicted molar refractivity (Wildman–Crippen MR) is 116 cm³/mol. The SMILES string of the molecule is COc1ccc(-c2n[nH]c(CNC(=O)C3CCN(c4ccc5nncn5n4)CC3)n2)cc1. The molecule has 32 heavy (non-hydrogen) atoms. The van der Waals surface area contributed by atoms with Crippen LogP contribution >= 0.6 is 0 Å². The van der Waals surface area contributed by atoms with Crippen molar-refractivity contribution in [3.05, 3.63) is 48.5 Å². The molecular weight excluding hydrogens is 410 g/mol. The first-order valence-electron chi connectivity index (χ1n) is 10.4. The molecule has 1 fully saturated rings. The van der Waals surface area contributed by atoms with Gasteiger partial charge < -0.3 is 15.0 Å². The smallest absolute Gasteiger partial charge is 0.223 e. The summed E-state index contributed by atoms with van der Waals surface area (Å²) in [5.41, 5.74) is 1.59. The minimum atomic E-state index is -0.0335. The van der Waals surface area contributed by atoms with Gasteiger partial charge in [0.15, 0.2) is 11.5 Å². The second-order valence-corrected chi connectivity index (χ2v) is 7.64. The van der Waals surface area contributed by atoms with Crippen LogP contribution in [-0.2, 0) is 11.3 Å². The highest BCUT2D eigenvalue weighted by Crippen LogP contribution is 2.22. The van der Waals surface area contributed by atoms with Crippen LogP contribution in [0.2, 0.25) is 0 Å². The third-order valence-corrected chi connectivity index (χ3v) is 5.65. The highest BCUT2D eigenvalue weighted by Gasteiger charge is 2.26. The maximum atomic E-state index is 12.7. The Hall–Kier alpha value is -4.02. The van der Waals surface area contributed by atoms with Gasteiger partial charge in [-0.2, -0.15) is 9.61 Å². The molecule has 0 bridgehead atoms. The quantitative estimate of drug-likeness (QED) is 0.468. The molecule has 0 spiro atoms. The third kappa shape index (κ3) is 4.09. The van der Waals surface area contributed by atoms with Crippen molar-refractivity contribution in [2.45, 2.75) is 19.4 Å². The Morgan fingerprint density at radius 1 is 1.19 bits per heavy atom. The van der Waals surface area contributed by atoms with Gasteiger partial charge in [0.25, 0.3) is 0 Å².